The summed E-state index contributed by atoms with van der Waals surface area (Å²) in [6.07, 6.45) is 3.73. The highest BCUT2D eigenvalue weighted by molar-refractivity contribution is 7.16. The Morgan fingerprint density at radius 1 is 1.28 bits per heavy atom. The largest absolute Gasteiger partial charge is 0.308 e. The van der Waals surface area contributed by atoms with Crippen molar-refractivity contribution in [3.05, 3.63) is 10.8 Å². The first-order valence-corrected chi connectivity index (χ1v) is 7.33. The van der Waals surface area contributed by atoms with Crippen LogP contribution in [0.25, 0.3) is 4.96 Å². The van der Waals surface area contributed by atoms with Crippen LogP contribution in [0.4, 0.5) is 0 Å². The Bertz CT molecular complexity index is 544. The van der Waals surface area contributed by atoms with Gasteiger partial charge < -0.3 is 5.32 Å². The summed E-state index contributed by atoms with van der Waals surface area (Å²) in [7, 11) is 0. The molecule has 1 fully saturated rings. The van der Waals surface area contributed by atoms with Gasteiger partial charge in [0.25, 0.3) is 0 Å². The minimum absolute atomic E-state index is 0.0231. The normalized spacial score (nSPS) is 21.6. The molecule has 98 valence electrons. The van der Waals surface area contributed by atoms with E-state index in [9.17, 15) is 0 Å². The number of nitrogens with zero attached hydrogens (tertiary/aromatic N) is 4. The van der Waals surface area contributed by atoms with Crippen LogP contribution in [0, 0.1) is 0 Å². The van der Waals surface area contributed by atoms with Crippen molar-refractivity contribution in [1.29, 1.82) is 0 Å². The molecule has 0 radical (unpaired) electrons. The lowest BCUT2D eigenvalue weighted by Gasteiger charge is -2.20. The number of hydrogen-bond acceptors (Lipinski definition) is 5. The van der Waals surface area contributed by atoms with E-state index in [1.54, 1.807) is 11.3 Å². The first kappa shape index (κ1) is 12.0. The van der Waals surface area contributed by atoms with Gasteiger partial charge in [0, 0.05) is 5.41 Å². The lowest BCUT2D eigenvalue weighted by molar-refractivity contribution is 0.407. The number of piperidine rings is 1. The second kappa shape index (κ2) is 4.28. The minimum atomic E-state index is -0.0231. The van der Waals surface area contributed by atoms with Crippen LogP contribution in [-0.4, -0.2) is 26.4 Å². The minimum Gasteiger partial charge on any atom is -0.308 e. The Labute approximate surface area is 111 Å². The molecule has 0 aromatic carbocycles. The summed E-state index contributed by atoms with van der Waals surface area (Å²) in [4.78, 5) is 0.905. The first-order chi connectivity index (χ1) is 8.55. The molecule has 3 heterocycles. The molecular weight excluding hydrogens is 246 g/mol. The highest BCUT2D eigenvalue weighted by Gasteiger charge is 2.25. The van der Waals surface area contributed by atoms with E-state index in [2.05, 4.69) is 36.3 Å². The van der Waals surface area contributed by atoms with E-state index < -0.39 is 0 Å². The third-order valence-electron chi connectivity index (χ3n) is 3.29. The van der Waals surface area contributed by atoms with Crippen molar-refractivity contribution < 1.29 is 0 Å². The number of aromatic nitrogens is 4. The van der Waals surface area contributed by atoms with Gasteiger partial charge in [-0.1, -0.05) is 38.5 Å². The monoisotopic (exact) mass is 265 g/mol. The topological polar surface area (TPSA) is 55.1 Å². The molecule has 1 atom stereocenters. The van der Waals surface area contributed by atoms with Gasteiger partial charge in [-0.2, -0.15) is 9.61 Å². The van der Waals surface area contributed by atoms with Gasteiger partial charge in [0.05, 0.1) is 6.04 Å². The molecule has 1 unspecified atom stereocenters. The van der Waals surface area contributed by atoms with Crippen molar-refractivity contribution in [2.24, 2.45) is 0 Å². The fourth-order valence-electron chi connectivity index (χ4n) is 2.30. The summed E-state index contributed by atoms with van der Waals surface area (Å²) in [5.41, 5.74) is -0.0231. The van der Waals surface area contributed by atoms with Gasteiger partial charge in [-0.05, 0) is 19.4 Å². The molecule has 2 aromatic heterocycles. The predicted octanol–water partition coefficient (Wildman–Crippen LogP) is 2.30. The summed E-state index contributed by atoms with van der Waals surface area (Å²) >= 11 is 1.66. The van der Waals surface area contributed by atoms with E-state index in [0.717, 1.165) is 22.3 Å². The Balaban J connectivity index is 1.98. The second-order valence-corrected chi connectivity index (χ2v) is 6.90. The fraction of sp³-hybridized carbons (Fsp3) is 0.750. The molecule has 0 bridgehead atoms. The van der Waals surface area contributed by atoms with Crippen molar-refractivity contribution in [3.8, 4) is 0 Å². The SMILES string of the molecule is CC(C)(C)c1nnc2sc(C3CCCCN3)nn12. The Morgan fingerprint density at radius 3 is 2.78 bits per heavy atom. The molecule has 3 rings (SSSR count). The summed E-state index contributed by atoms with van der Waals surface area (Å²) in [5, 5.41) is 17.9. The predicted molar refractivity (Wildman–Crippen MR) is 72.0 cm³/mol. The van der Waals surface area contributed by atoms with Gasteiger partial charge in [0.15, 0.2) is 5.82 Å². The van der Waals surface area contributed by atoms with Crippen molar-refractivity contribution >= 4 is 16.3 Å². The van der Waals surface area contributed by atoms with E-state index in [1.165, 1.54) is 19.3 Å². The van der Waals surface area contributed by atoms with Gasteiger partial charge in [0.1, 0.15) is 5.01 Å². The van der Waals surface area contributed by atoms with E-state index in [0.29, 0.717) is 6.04 Å². The lowest BCUT2D eigenvalue weighted by Crippen LogP contribution is -2.27. The Kier molecular flexibility index (Phi) is 2.86. The molecule has 6 heteroatoms. The maximum absolute atomic E-state index is 4.71. The molecule has 0 aliphatic carbocycles. The van der Waals surface area contributed by atoms with E-state index in [-0.39, 0.29) is 5.41 Å². The summed E-state index contributed by atoms with van der Waals surface area (Å²) in [6.45, 7) is 7.51. The molecule has 1 aliphatic heterocycles. The average Bonchev–Trinajstić information content (AvgIpc) is 2.87. The molecule has 0 spiro atoms. The number of rotatable bonds is 1. The Hall–Kier alpha value is -1.01. The molecule has 0 amide bonds. The van der Waals surface area contributed by atoms with Gasteiger partial charge in [-0.25, -0.2) is 0 Å². The second-order valence-electron chi connectivity index (χ2n) is 5.91. The highest BCUT2D eigenvalue weighted by atomic mass is 32.1. The fourth-order valence-corrected chi connectivity index (χ4v) is 3.25. The molecule has 5 nitrogen and oxygen atoms in total. The summed E-state index contributed by atoms with van der Waals surface area (Å²) in [5.74, 6) is 0.941. The Morgan fingerprint density at radius 2 is 2.11 bits per heavy atom. The summed E-state index contributed by atoms with van der Waals surface area (Å²) < 4.78 is 1.91. The van der Waals surface area contributed by atoms with Crippen LogP contribution in [-0.2, 0) is 5.41 Å². The smallest absolute Gasteiger partial charge is 0.234 e. The molecule has 1 saturated heterocycles. The van der Waals surface area contributed by atoms with E-state index >= 15 is 0 Å². The number of nitrogens with one attached hydrogen (secondary N) is 1. The standard InChI is InChI=1S/C12H19N5S/c1-12(2,3)10-14-15-11-17(10)16-9(18-11)8-6-4-5-7-13-8/h8,13H,4-7H2,1-3H3. The number of hydrogen-bond donors (Lipinski definition) is 1. The van der Waals surface area contributed by atoms with Crippen LogP contribution in [0.2, 0.25) is 0 Å². The molecule has 1 N–H and O–H groups in total. The highest BCUT2D eigenvalue weighted by Crippen LogP contribution is 2.29. The quantitative estimate of drug-likeness (QED) is 0.859. The molecule has 2 aromatic rings. The van der Waals surface area contributed by atoms with E-state index in [1.807, 2.05) is 4.52 Å². The first-order valence-electron chi connectivity index (χ1n) is 6.52. The van der Waals surface area contributed by atoms with Gasteiger partial charge in [-0.3, -0.25) is 0 Å². The van der Waals surface area contributed by atoms with Gasteiger partial charge in [-0.15, -0.1) is 10.2 Å². The van der Waals surface area contributed by atoms with Crippen molar-refractivity contribution in [2.75, 3.05) is 6.54 Å². The van der Waals surface area contributed by atoms with Crippen LogP contribution in [0.3, 0.4) is 0 Å². The van der Waals surface area contributed by atoms with Gasteiger partial charge >= 0.3 is 0 Å². The molecule has 0 saturated carbocycles. The lowest BCUT2D eigenvalue weighted by atomic mass is 9.96. The number of fused-ring (bicyclic) bond motifs is 1. The zero-order valence-electron chi connectivity index (χ0n) is 11.1. The van der Waals surface area contributed by atoms with Crippen LogP contribution in [0.1, 0.15) is 56.9 Å². The summed E-state index contributed by atoms with van der Waals surface area (Å²) in [6, 6.07) is 0.401. The molecular formula is C12H19N5S. The van der Waals surface area contributed by atoms with Crippen molar-refractivity contribution in [2.45, 2.75) is 51.5 Å². The van der Waals surface area contributed by atoms with Crippen LogP contribution in [0.5, 0.6) is 0 Å². The third-order valence-corrected chi connectivity index (χ3v) is 4.30. The average molecular weight is 265 g/mol. The third kappa shape index (κ3) is 2.03. The molecule has 1 aliphatic rings. The van der Waals surface area contributed by atoms with E-state index in [4.69, 9.17) is 5.10 Å². The van der Waals surface area contributed by atoms with Crippen LogP contribution < -0.4 is 5.32 Å². The van der Waals surface area contributed by atoms with Gasteiger partial charge in [0.2, 0.25) is 4.96 Å². The van der Waals surface area contributed by atoms with Crippen LogP contribution in [0.15, 0.2) is 0 Å². The zero-order valence-corrected chi connectivity index (χ0v) is 11.9. The van der Waals surface area contributed by atoms with Crippen molar-refractivity contribution in [3.63, 3.8) is 0 Å². The molecule has 18 heavy (non-hydrogen) atoms. The maximum Gasteiger partial charge on any atom is 0.234 e. The zero-order chi connectivity index (χ0) is 12.8. The maximum atomic E-state index is 4.71. The van der Waals surface area contributed by atoms with Crippen LogP contribution >= 0.6 is 11.3 Å². The van der Waals surface area contributed by atoms with Crippen molar-refractivity contribution in [1.82, 2.24) is 25.1 Å².